The Kier molecular flexibility index (Phi) is 6.79. The van der Waals surface area contributed by atoms with E-state index in [1.165, 1.54) is 0 Å². The van der Waals surface area contributed by atoms with Gasteiger partial charge in [0.05, 0.1) is 18.8 Å². The van der Waals surface area contributed by atoms with E-state index >= 15 is 0 Å². The van der Waals surface area contributed by atoms with E-state index < -0.39 is 0 Å². The lowest BCUT2D eigenvalue weighted by Crippen LogP contribution is -2.04. The van der Waals surface area contributed by atoms with Crippen molar-refractivity contribution in [3.63, 3.8) is 0 Å². The summed E-state index contributed by atoms with van der Waals surface area (Å²) >= 11 is 0. The number of pyridine rings is 1. The second kappa shape index (κ2) is 9.70. The smallest absolute Gasteiger partial charge is 0.338 e. The summed E-state index contributed by atoms with van der Waals surface area (Å²) in [5, 5.41) is 0. The molecule has 0 radical (unpaired) electrons. The monoisotopic (exact) mass is 375 g/mol. The van der Waals surface area contributed by atoms with Crippen LogP contribution in [0.5, 0.6) is 5.75 Å². The molecule has 0 unspecified atom stereocenters. The van der Waals surface area contributed by atoms with Crippen LogP contribution in [0.2, 0.25) is 0 Å². The van der Waals surface area contributed by atoms with Crippen LogP contribution in [-0.2, 0) is 4.74 Å². The maximum Gasteiger partial charge on any atom is 0.338 e. The van der Waals surface area contributed by atoms with Crippen molar-refractivity contribution in [1.29, 1.82) is 0 Å². The predicted octanol–water partition coefficient (Wildman–Crippen LogP) is 5.77. The minimum Gasteiger partial charge on any atom is -0.493 e. The van der Waals surface area contributed by atoms with Gasteiger partial charge in [-0.15, -0.1) is 0 Å². The fourth-order valence-electron chi connectivity index (χ4n) is 3.03. The van der Waals surface area contributed by atoms with Crippen LogP contribution in [0.3, 0.4) is 0 Å². The van der Waals surface area contributed by atoms with Gasteiger partial charge in [-0.3, -0.25) is 4.98 Å². The van der Waals surface area contributed by atoms with Crippen LogP contribution < -0.4 is 4.74 Å². The number of carbonyl (C=O) groups is 1. The Morgan fingerprint density at radius 3 is 2.64 bits per heavy atom. The molecule has 0 aliphatic heterocycles. The number of benzene rings is 2. The number of hydrogen-bond acceptors (Lipinski definition) is 4. The van der Waals surface area contributed by atoms with Gasteiger partial charge in [-0.2, -0.15) is 0 Å². The Balaban J connectivity index is 2.02. The minimum atomic E-state index is -0.316. The molecule has 0 aliphatic carbocycles. The van der Waals surface area contributed by atoms with Crippen molar-refractivity contribution in [2.75, 3.05) is 13.2 Å². The molecule has 0 aliphatic rings. The van der Waals surface area contributed by atoms with E-state index in [0.29, 0.717) is 18.8 Å². The highest BCUT2D eigenvalue weighted by Crippen LogP contribution is 2.37. The largest absolute Gasteiger partial charge is 0.493 e. The summed E-state index contributed by atoms with van der Waals surface area (Å²) in [6.45, 7) is 4.98. The van der Waals surface area contributed by atoms with Gasteiger partial charge in [-0.1, -0.05) is 43.7 Å². The number of carbonyl (C=O) groups excluding carboxylic acids is 1. The number of unbranched alkanes of at least 4 members (excludes halogenated alkanes) is 1. The first-order chi connectivity index (χ1) is 13.7. The Bertz CT molecular complexity index is 936. The average molecular weight is 375 g/mol. The summed E-state index contributed by atoms with van der Waals surface area (Å²) in [6.07, 6.45) is 5.70. The van der Waals surface area contributed by atoms with E-state index in [-0.39, 0.29) is 5.97 Å². The number of aromatic nitrogens is 1. The third-order valence-corrected chi connectivity index (χ3v) is 4.44. The van der Waals surface area contributed by atoms with E-state index in [9.17, 15) is 4.79 Å². The topological polar surface area (TPSA) is 48.4 Å². The Morgan fingerprint density at radius 1 is 0.964 bits per heavy atom. The molecule has 0 atom stereocenters. The highest BCUT2D eigenvalue weighted by molar-refractivity contribution is 5.93. The third kappa shape index (κ3) is 4.58. The lowest BCUT2D eigenvalue weighted by atomic mass is 9.95. The minimum absolute atomic E-state index is 0.316. The molecule has 0 saturated heterocycles. The maximum atomic E-state index is 12.1. The van der Waals surface area contributed by atoms with Gasteiger partial charge in [-0.25, -0.2) is 4.79 Å². The van der Waals surface area contributed by atoms with Gasteiger partial charge in [0.25, 0.3) is 0 Å². The molecule has 28 heavy (non-hydrogen) atoms. The molecule has 0 amide bonds. The van der Waals surface area contributed by atoms with E-state index in [4.69, 9.17) is 9.47 Å². The van der Waals surface area contributed by atoms with Gasteiger partial charge in [0.1, 0.15) is 5.75 Å². The molecule has 2 aromatic carbocycles. The highest BCUT2D eigenvalue weighted by Gasteiger charge is 2.14. The summed E-state index contributed by atoms with van der Waals surface area (Å²) < 4.78 is 11.2. The normalized spacial score (nSPS) is 10.5. The SMILES string of the molecule is CCCCOc1ccccc1-c1cnccc1-c1cccc(C(=O)OCC)c1. The first-order valence-corrected chi connectivity index (χ1v) is 9.68. The van der Waals surface area contributed by atoms with E-state index in [1.54, 1.807) is 19.2 Å². The molecule has 1 aromatic heterocycles. The summed E-state index contributed by atoms with van der Waals surface area (Å²) in [5.74, 6) is 0.523. The van der Waals surface area contributed by atoms with Crippen molar-refractivity contribution >= 4 is 5.97 Å². The van der Waals surface area contributed by atoms with Crippen molar-refractivity contribution in [2.45, 2.75) is 26.7 Å². The van der Waals surface area contributed by atoms with Crippen LogP contribution in [0, 0.1) is 0 Å². The zero-order valence-electron chi connectivity index (χ0n) is 16.4. The van der Waals surface area contributed by atoms with E-state index in [0.717, 1.165) is 40.8 Å². The van der Waals surface area contributed by atoms with Crippen molar-refractivity contribution in [2.24, 2.45) is 0 Å². The molecular weight excluding hydrogens is 350 g/mol. The van der Waals surface area contributed by atoms with Crippen LogP contribution >= 0.6 is 0 Å². The highest BCUT2D eigenvalue weighted by atomic mass is 16.5. The molecule has 0 saturated carbocycles. The number of hydrogen-bond donors (Lipinski definition) is 0. The van der Waals surface area contributed by atoms with Crippen molar-refractivity contribution < 1.29 is 14.3 Å². The fraction of sp³-hybridized carbons (Fsp3) is 0.250. The Morgan fingerprint density at radius 2 is 1.82 bits per heavy atom. The zero-order chi connectivity index (χ0) is 19.8. The summed E-state index contributed by atoms with van der Waals surface area (Å²) in [5.41, 5.74) is 4.42. The van der Waals surface area contributed by atoms with E-state index in [2.05, 4.69) is 11.9 Å². The number of nitrogens with zero attached hydrogens (tertiary/aromatic N) is 1. The average Bonchev–Trinajstić information content (AvgIpc) is 2.75. The molecule has 3 aromatic rings. The van der Waals surface area contributed by atoms with Crippen LogP contribution in [0.1, 0.15) is 37.0 Å². The fourth-order valence-corrected chi connectivity index (χ4v) is 3.03. The van der Waals surface area contributed by atoms with Crippen LogP contribution in [0.15, 0.2) is 67.0 Å². The molecule has 4 heteroatoms. The molecule has 0 spiro atoms. The number of esters is 1. The van der Waals surface area contributed by atoms with Gasteiger partial charge < -0.3 is 9.47 Å². The van der Waals surface area contributed by atoms with Crippen LogP contribution in [0.25, 0.3) is 22.3 Å². The summed E-state index contributed by atoms with van der Waals surface area (Å²) in [7, 11) is 0. The Labute approximate surface area is 166 Å². The first-order valence-electron chi connectivity index (χ1n) is 9.68. The van der Waals surface area contributed by atoms with Gasteiger partial charge in [-0.05, 0) is 48.7 Å². The Hall–Kier alpha value is -3.14. The maximum absolute atomic E-state index is 12.1. The number of ether oxygens (including phenoxy) is 2. The summed E-state index contributed by atoms with van der Waals surface area (Å²) in [4.78, 5) is 16.5. The quantitative estimate of drug-likeness (QED) is 0.370. The predicted molar refractivity (Wildman–Crippen MR) is 111 cm³/mol. The molecule has 144 valence electrons. The van der Waals surface area contributed by atoms with Gasteiger partial charge in [0.2, 0.25) is 0 Å². The molecule has 4 nitrogen and oxygen atoms in total. The van der Waals surface area contributed by atoms with Gasteiger partial charge >= 0.3 is 5.97 Å². The molecule has 3 rings (SSSR count). The lowest BCUT2D eigenvalue weighted by molar-refractivity contribution is 0.0526. The second-order valence-electron chi connectivity index (χ2n) is 6.42. The first kappa shape index (κ1) is 19.6. The number of para-hydroxylation sites is 1. The molecule has 0 N–H and O–H groups in total. The number of rotatable bonds is 8. The standard InChI is InChI=1S/C24H25NO3/c1-3-5-15-28-23-12-7-6-11-21(23)22-17-25-14-13-20(22)18-9-8-10-19(16-18)24(26)27-4-2/h6-14,16-17H,3-5,15H2,1-2H3. The lowest BCUT2D eigenvalue weighted by Gasteiger charge is -2.15. The van der Waals surface area contributed by atoms with Crippen LogP contribution in [-0.4, -0.2) is 24.2 Å². The molecule has 0 fully saturated rings. The van der Waals surface area contributed by atoms with E-state index in [1.807, 2.05) is 54.7 Å². The van der Waals surface area contributed by atoms with Crippen molar-refractivity contribution in [1.82, 2.24) is 4.98 Å². The third-order valence-electron chi connectivity index (χ3n) is 4.44. The van der Waals surface area contributed by atoms with Crippen molar-refractivity contribution in [3.8, 4) is 28.0 Å². The zero-order valence-corrected chi connectivity index (χ0v) is 16.4. The molecule has 0 bridgehead atoms. The van der Waals surface area contributed by atoms with Gasteiger partial charge in [0.15, 0.2) is 0 Å². The second-order valence-corrected chi connectivity index (χ2v) is 6.42. The van der Waals surface area contributed by atoms with Crippen LogP contribution in [0.4, 0.5) is 0 Å². The van der Waals surface area contributed by atoms with Crippen molar-refractivity contribution in [3.05, 3.63) is 72.6 Å². The molecular formula is C24H25NO3. The molecule has 1 heterocycles. The van der Waals surface area contributed by atoms with Gasteiger partial charge in [0, 0.05) is 23.5 Å². The summed E-state index contributed by atoms with van der Waals surface area (Å²) in [6, 6.07) is 17.4.